The molecule has 6 heteroatoms. The maximum absolute atomic E-state index is 10.7. The minimum absolute atomic E-state index is 0.354. The summed E-state index contributed by atoms with van der Waals surface area (Å²) in [6, 6.07) is 9.66. The van der Waals surface area contributed by atoms with Crippen molar-refractivity contribution >= 4 is 5.97 Å². The largest absolute Gasteiger partial charge is 0.472 e. The number of ether oxygens (including phenoxy) is 4. The standard InChI is InChI=1S/C17H18O6/c1-17(2)22-15-14(20-10-11-6-4-3-5-7-11)12(8-9-13(18)19)21-16(15)23-17/h3-7,12,14-16H,10H2,1-2H3,(H,18,19)/t12-,14+,15-,16-/m1/s1. The first kappa shape index (κ1) is 16.0. The average Bonchev–Trinajstić information content (AvgIpc) is 2.95. The number of aliphatic carboxylic acids is 1. The van der Waals surface area contributed by atoms with Gasteiger partial charge in [0, 0.05) is 5.92 Å². The van der Waals surface area contributed by atoms with Gasteiger partial charge in [0.05, 0.1) is 6.61 Å². The Bertz CT molecular complexity index is 629. The van der Waals surface area contributed by atoms with Crippen molar-refractivity contribution in [3.63, 3.8) is 0 Å². The van der Waals surface area contributed by atoms with Gasteiger partial charge in [-0.3, -0.25) is 0 Å². The molecule has 0 saturated carbocycles. The lowest BCUT2D eigenvalue weighted by Gasteiger charge is -2.23. The molecule has 0 aliphatic carbocycles. The van der Waals surface area contributed by atoms with E-state index in [1.54, 1.807) is 13.8 Å². The molecule has 4 atom stereocenters. The van der Waals surface area contributed by atoms with Crippen LogP contribution in [0.15, 0.2) is 30.3 Å². The first-order valence-corrected chi connectivity index (χ1v) is 7.36. The third-order valence-electron chi connectivity index (χ3n) is 3.60. The van der Waals surface area contributed by atoms with E-state index < -0.39 is 36.4 Å². The number of fused-ring (bicyclic) bond motifs is 1. The Morgan fingerprint density at radius 3 is 2.74 bits per heavy atom. The zero-order valence-electron chi connectivity index (χ0n) is 12.9. The van der Waals surface area contributed by atoms with Gasteiger partial charge in [0.2, 0.25) is 0 Å². The molecule has 1 aromatic carbocycles. The second-order valence-electron chi connectivity index (χ2n) is 5.86. The molecule has 2 heterocycles. The van der Waals surface area contributed by atoms with Crippen molar-refractivity contribution in [1.29, 1.82) is 0 Å². The van der Waals surface area contributed by atoms with Gasteiger partial charge in [0.15, 0.2) is 18.2 Å². The van der Waals surface area contributed by atoms with Gasteiger partial charge in [0.25, 0.3) is 0 Å². The minimum Gasteiger partial charge on any atom is -0.472 e. The van der Waals surface area contributed by atoms with Crippen LogP contribution in [-0.4, -0.2) is 41.5 Å². The first-order valence-electron chi connectivity index (χ1n) is 7.36. The number of carboxylic acid groups (broad SMARTS) is 1. The summed E-state index contributed by atoms with van der Waals surface area (Å²) in [5.74, 6) is 2.66. The maximum Gasteiger partial charge on any atom is 0.381 e. The summed E-state index contributed by atoms with van der Waals surface area (Å²) >= 11 is 0. The van der Waals surface area contributed by atoms with Gasteiger partial charge in [-0.25, -0.2) is 4.79 Å². The molecule has 2 aliphatic rings. The average molecular weight is 318 g/mol. The Kier molecular flexibility index (Phi) is 4.37. The molecule has 122 valence electrons. The molecule has 23 heavy (non-hydrogen) atoms. The lowest BCUT2D eigenvalue weighted by Crippen LogP contribution is -2.36. The van der Waals surface area contributed by atoms with Crippen LogP contribution in [0.1, 0.15) is 19.4 Å². The minimum atomic E-state index is -1.21. The Hall–Kier alpha value is -1.91. The summed E-state index contributed by atoms with van der Waals surface area (Å²) in [4.78, 5) is 10.7. The summed E-state index contributed by atoms with van der Waals surface area (Å²) in [6.07, 6.45) is -2.28. The van der Waals surface area contributed by atoms with Gasteiger partial charge in [-0.2, -0.15) is 0 Å². The van der Waals surface area contributed by atoms with Crippen molar-refractivity contribution in [2.45, 2.75) is 50.8 Å². The van der Waals surface area contributed by atoms with Crippen LogP contribution in [0, 0.1) is 11.8 Å². The van der Waals surface area contributed by atoms with E-state index in [4.69, 9.17) is 24.1 Å². The normalized spacial score (nSPS) is 31.2. The molecule has 0 unspecified atom stereocenters. The summed E-state index contributed by atoms with van der Waals surface area (Å²) in [5, 5.41) is 8.72. The van der Waals surface area contributed by atoms with Gasteiger partial charge >= 0.3 is 5.97 Å². The van der Waals surface area contributed by atoms with E-state index in [9.17, 15) is 4.79 Å². The Morgan fingerprint density at radius 1 is 1.30 bits per heavy atom. The highest BCUT2D eigenvalue weighted by Gasteiger charge is 2.55. The Balaban J connectivity index is 1.74. The second kappa shape index (κ2) is 6.30. The van der Waals surface area contributed by atoms with E-state index in [0.29, 0.717) is 6.61 Å². The highest BCUT2D eigenvalue weighted by molar-refractivity contribution is 5.86. The molecule has 2 fully saturated rings. The molecular weight excluding hydrogens is 300 g/mol. The molecule has 0 spiro atoms. The van der Waals surface area contributed by atoms with Crippen LogP contribution in [0.25, 0.3) is 0 Å². The SMILES string of the molecule is CC1(C)O[C@H]2O[C@H](C#CC(=O)O)[C@H](OCc3ccccc3)[C@H]2O1. The summed E-state index contributed by atoms with van der Waals surface area (Å²) < 4.78 is 23.1. The number of benzene rings is 1. The zero-order chi connectivity index (χ0) is 16.4. The van der Waals surface area contributed by atoms with Gasteiger partial charge in [-0.15, -0.1) is 0 Å². The topological polar surface area (TPSA) is 74.2 Å². The van der Waals surface area contributed by atoms with E-state index in [0.717, 1.165) is 5.56 Å². The Labute approximate surface area is 134 Å². The van der Waals surface area contributed by atoms with Gasteiger partial charge in [-0.05, 0) is 19.4 Å². The predicted molar refractivity (Wildman–Crippen MR) is 79.1 cm³/mol. The molecular formula is C17H18O6. The third-order valence-corrected chi connectivity index (χ3v) is 3.60. The van der Waals surface area contributed by atoms with E-state index >= 15 is 0 Å². The molecule has 0 amide bonds. The lowest BCUT2D eigenvalue weighted by atomic mass is 10.1. The van der Waals surface area contributed by atoms with Crippen molar-refractivity contribution in [2.75, 3.05) is 0 Å². The molecule has 0 aromatic heterocycles. The van der Waals surface area contributed by atoms with Crippen LogP contribution in [0.4, 0.5) is 0 Å². The number of carboxylic acids is 1. The van der Waals surface area contributed by atoms with Crippen LogP contribution in [-0.2, 0) is 30.3 Å². The second-order valence-corrected chi connectivity index (χ2v) is 5.86. The molecule has 3 rings (SSSR count). The van der Waals surface area contributed by atoms with E-state index in [2.05, 4.69) is 11.8 Å². The highest BCUT2D eigenvalue weighted by Crippen LogP contribution is 2.38. The maximum atomic E-state index is 10.7. The molecule has 2 aliphatic heterocycles. The fourth-order valence-corrected chi connectivity index (χ4v) is 2.68. The molecule has 1 N–H and O–H groups in total. The van der Waals surface area contributed by atoms with Crippen molar-refractivity contribution < 1.29 is 28.8 Å². The first-order chi connectivity index (χ1) is 10.9. The smallest absolute Gasteiger partial charge is 0.381 e. The van der Waals surface area contributed by atoms with Crippen LogP contribution in [0.3, 0.4) is 0 Å². The predicted octanol–water partition coefficient (Wildman–Crippen LogP) is 1.54. The Morgan fingerprint density at radius 2 is 2.04 bits per heavy atom. The van der Waals surface area contributed by atoms with Crippen molar-refractivity contribution in [3.8, 4) is 11.8 Å². The number of hydrogen-bond acceptors (Lipinski definition) is 5. The van der Waals surface area contributed by atoms with Crippen molar-refractivity contribution in [3.05, 3.63) is 35.9 Å². The van der Waals surface area contributed by atoms with E-state index in [1.807, 2.05) is 30.3 Å². The fourth-order valence-electron chi connectivity index (χ4n) is 2.68. The highest BCUT2D eigenvalue weighted by atomic mass is 16.8. The summed E-state index contributed by atoms with van der Waals surface area (Å²) in [7, 11) is 0. The van der Waals surface area contributed by atoms with Crippen LogP contribution in [0.2, 0.25) is 0 Å². The number of rotatable bonds is 3. The van der Waals surface area contributed by atoms with Crippen LogP contribution in [0.5, 0.6) is 0 Å². The van der Waals surface area contributed by atoms with Gasteiger partial charge < -0.3 is 24.1 Å². The fraction of sp³-hybridized carbons (Fsp3) is 0.471. The monoisotopic (exact) mass is 318 g/mol. The van der Waals surface area contributed by atoms with E-state index in [-0.39, 0.29) is 0 Å². The third kappa shape index (κ3) is 3.71. The van der Waals surface area contributed by atoms with Crippen LogP contribution >= 0.6 is 0 Å². The molecule has 0 radical (unpaired) electrons. The molecule has 1 aromatic rings. The van der Waals surface area contributed by atoms with Gasteiger partial charge in [0.1, 0.15) is 12.2 Å². The quantitative estimate of drug-likeness (QED) is 0.852. The summed E-state index contributed by atoms with van der Waals surface area (Å²) in [6.45, 7) is 3.94. The van der Waals surface area contributed by atoms with Crippen molar-refractivity contribution in [1.82, 2.24) is 0 Å². The molecule has 0 bridgehead atoms. The molecule has 6 nitrogen and oxygen atoms in total. The number of carbonyl (C=O) groups is 1. The van der Waals surface area contributed by atoms with E-state index in [1.165, 1.54) is 0 Å². The summed E-state index contributed by atoms with van der Waals surface area (Å²) in [5.41, 5.74) is 0.999. The molecule has 2 saturated heterocycles. The van der Waals surface area contributed by atoms with Crippen molar-refractivity contribution in [2.24, 2.45) is 0 Å². The van der Waals surface area contributed by atoms with Crippen LogP contribution < -0.4 is 0 Å². The number of hydrogen-bond donors (Lipinski definition) is 1. The van der Waals surface area contributed by atoms with Gasteiger partial charge in [-0.1, -0.05) is 36.3 Å². The lowest BCUT2D eigenvalue weighted by molar-refractivity contribution is -0.212. The zero-order valence-corrected chi connectivity index (χ0v) is 12.9.